The molecule has 3 nitrogen and oxygen atoms in total. The number of hydrogen-bond acceptors (Lipinski definition) is 2. The summed E-state index contributed by atoms with van der Waals surface area (Å²) in [5, 5.41) is 11.2. The van der Waals surface area contributed by atoms with E-state index in [-0.39, 0.29) is 12.5 Å². The van der Waals surface area contributed by atoms with Gasteiger partial charge in [0.15, 0.2) is 0 Å². The first-order valence-corrected chi connectivity index (χ1v) is 6.33. The average molecular weight is 227 g/mol. The summed E-state index contributed by atoms with van der Waals surface area (Å²) in [5.41, 5.74) is 0. The highest BCUT2D eigenvalue weighted by atomic mass is 16.3. The molecule has 1 amide bonds. The molecule has 0 aromatic heterocycles. The Hall–Kier alpha value is -0.830. The van der Waals surface area contributed by atoms with Crippen LogP contribution in [0, 0.1) is 0 Å². The van der Waals surface area contributed by atoms with E-state index in [0.29, 0.717) is 13.0 Å². The molecule has 0 radical (unpaired) electrons. The fourth-order valence-corrected chi connectivity index (χ4v) is 1.47. The first kappa shape index (κ1) is 15.2. The van der Waals surface area contributed by atoms with Gasteiger partial charge in [-0.3, -0.25) is 4.79 Å². The van der Waals surface area contributed by atoms with Crippen molar-refractivity contribution in [1.82, 2.24) is 5.32 Å². The Kier molecular flexibility index (Phi) is 11.6. The number of nitrogens with one attached hydrogen (secondary N) is 1. The number of aliphatic hydroxyl groups is 1. The van der Waals surface area contributed by atoms with Gasteiger partial charge in [0, 0.05) is 13.0 Å². The van der Waals surface area contributed by atoms with Crippen molar-refractivity contribution in [2.45, 2.75) is 51.9 Å². The molecule has 0 fully saturated rings. The summed E-state index contributed by atoms with van der Waals surface area (Å²) >= 11 is 0. The predicted molar refractivity (Wildman–Crippen MR) is 67.2 cm³/mol. The van der Waals surface area contributed by atoms with Crippen LogP contribution in [0.3, 0.4) is 0 Å². The second-order valence-corrected chi connectivity index (χ2v) is 3.91. The molecule has 0 saturated carbocycles. The van der Waals surface area contributed by atoms with Crippen molar-refractivity contribution < 1.29 is 9.90 Å². The summed E-state index contributed by atoms with van der Waals surface area (Å²) in [7, 11) is 0. The number of unbranched alkanes of at least 4 members (excludes halogenated alkanes) is 4. The Morgan fingerprint density at radius 2 is 1.94 bits per heavy atom. The summed E-state index contributed by atoms with van der Waals surface area (Å²) in [6.07, 6.45) is 11.8. The molecule has 0 unspecified atom stereocenters. The summed E-state index contributed by atoms with van der Waals surface area (Å²) in [5.74, 6) is 0.0555. The maximum absolute atomic E-state index is 11.1. The van der Waals surface area contributed by atoms with Gasteiger partial charge >= 0.3 is 0 Å². The van der Waals surface area contributed by atoms with E-state index in [1.807, 2.05) is 0 Å². The minimum atomic E-state index is 0.0233. The van der Waals surface area contributed by atoms with E-state index >= 15 is 0 Å². The van der Waals surface area contributed by atoms with Crippen molar-refractivity contribution >= 4 is 5.91 Å². The lowest BCUT2D eigenvalue weighted by atomic mass is 10.1. The fourth-order valence-electron chi connectivity index (χ4n) is 1.47. The normalized spacial score (nSPS) is 10.9. The maximum atomic E-state index is 11.1. The quantitative estimate of drug-likeness (QED) is 0.445. The highest BCUT2D eigenvalue weighted by Crippen LogP contribution is 2.06. The van der Waals surface area contributed by atoms with E-state index in [4.69, 9.17) is 5.11 Å². The maximum Gasteiger partial charge on any atom is 0.220 e. The van der Waals surface area contributed by atoms with E-state index in [1.54, 1.807) is 0 Å². The third-order valence-corrected chi connectivity index (χ3v) is 2.36. The molecule has 0 aromatic rings. The minimum absolute atomic E-state index is 0.0233. The van der Waals surface area contributed by atoms with Crippen LogP contribution < -0.4 is 5.32 Å². The first-order valence-electron chi connectivity index (χ1n) is 6.33. The molecule has 0 aliphatic heterocycles. The lowest BCUT2D eigenvalue weighted by Gasteiger charge is -2.02. The molecule has 0 spiro atoms. The Balaban J connectivity index is 3.14. The largest absolute Gasteiger partial charge is 0.395 e. The first-order chi connectivity index (χ1) is 7.81. The monoisotopic (exact) mass is 227 g/mol. The van der Waals surface area contributed by atoms with Crippen LogP contribution in [-0.2, 0) is 4.79 Å². The molecule has 0 aromatic carbocycles. The Bertz CT molecular complexity index is 190. The van der Waals surface area contributed by atoms with Crippen molar-refractivity contribution in [3.05, 3.63) is 12.2 Å². The van der Waals surface area contributed by atoms with Crippen LogP contribution in [0.4, 0.5) is 0 Å². The van der Waals surface area contributed by atoms with Gasteiger partial charge in [-0.2, -0.15) is 0 Å². The van der Waals surface area contributed by atoms with Crippen LogP contribution in [0.5, 0.6) is 0 Å². The standard InChI is InChI=1S/C13H25NO2/c1-2-3-4-5-6-7-8-9-10-13(16)14-11-12-15/h3-4,15H,2,5-12H2,1H3,(H,14,16)/b4-3+. The molecule has 0 aliphatic carbocycles. The van der Waals surface area contributed by atoms with Gasteiger partial charge in [0.25, 0.3) is 0 Å². The van der Waals surface area contributed by atoms with Gasteiger partial charge in [-0.25, -0.2) is 0 Å². The third-order valence-electron chi connectivity index (χ3n) is 2.36. The van der Waals surface area contributed by atoms with Gasteiger partial charge < -0.3 is 10.4 Å². The minimum Gasteiger partial charge on any atom is -0.395 e. The van der Waals surface area contributed by atoms with Crippen molar-refractivity contribution in [2.75, 3.05) is 13.2 Å². The third kappa shape index (κ3) is 11.2. The molecular formula is C13H25NO2. The van der Waals surface area contributed by atoms with Gasteiger partial charge in [0.1, 0.15) is 0 Å². The lowest BCUT2D eigenvalue weighted by molar-refractivity contribution is -0.121. The van der Waals surface area contributed by atoms with Crippen molar-refractivity contribution in [3.63, 3.8) is 0 Å². The number of amides is 1. The molecule has 0 bridgehead atoms. The van der Waals surface area contributed by atoms with E-state index in [1.165, 1.54) is 12.8 Å². The zero-order chi connectivity index (χ0) is 12.1. The topological polar surface area (TPSA) is 49.3 Å². The highest BCUT2D eigenvalue weighted by molar-refractivity contribution is 5.75. The van der Waals surface area contributed by atoms with Crippen LogP contribution >= 0.6 is 0 Å². The van der Waals surface area contributed by atoms with E-state index in [2.05, 4.69) is 24.4 Å². The predicted octanol–water partition coefficient (Wildman–Crippen LogP) is 2.40. The number of aliphatic hydroxyl groups excluding tert-OH is 1. The van der Waals surface area contributed by atoms with Crippen LogP contribution in [0.25, 0.3) is 0 Å². The number of rotatable bonds is 10. The van der Waals surface area contributed by atoms with Crippen LogP contribution in [0.1, 0.15) is 51.9 Å². The summed E-state index contributed by atoms with van der Waals surface area (Å²) < 4.78 is 0. The number of carbonyl (C=O) groups is 1. The highest BCUT2D eigenvalue weighted by Gasteiger charge is 1.98. The molecule has 0 atom stereocenters. The van der Waals surface area contributed by atoms with Crippen molar-refractivity contribution in [2.24, 2.45) is 0 Å². The van der Waals surface area contributed by atoms with Crippen molar-refractivity contribution in [1.29, 1.82) is 0 Å². The Morgan fingerprint density at radius 1 is 1.19 bits per heavy atom. The fraction of sp³-hybridized carbons (Fsp3) is 0.769. The van der Waals surface area contributed by atoms with Gasteiger partial charge in [-0.1, -0.05) is 31.9 Å². The second-order valence-electron chi connectivity index (χ2n) is 3.91. The van der Waals surface area contributed by atoms with Crippen LogP contribution in [0.15, 0.2) is 12.2 Å². The van der Waals surface area contributed by atoms with Gasteiger partial charge in [0.05, 0.1) is 6.61 Å². The number of carbonyl (C=O) groups excluding carboxylic acids is 1. The van der Waals surface area contributed by atoms with E-state index in [9.17, 15) is 4.79 Å². The zero-order valence-electron chi connectivity index (χ0n) is 10.4. The molecule has 0 rings (SSSR count). The molecule has 0 saturated heterocycles. The average Bonchev–Trinajstić information content (AvgIpc) is 2.30. The van der Waals surface area contributed by atoms with E-state index in [0.717, 1.165) is 25.7 Å². The summed E-state index contributed by atoms with van der Waals surface area (Å²) in [6.45, 7) is 2.54. The molecule has 16 heavy (non-hydrogen) atoms. The molecule has 2 N–H and O–H groups in total. The zero-order valence-corrected chi connectivity index (χ0v) is 10.4. The van der Waals surface area contributed by atoms with Crippen molar-refractivity contribution in [3.8, 4) is 0 Å². The van der Waals surface area contributed by atoms with Crippen LogP contribution in [0.2, 0.25) is 0 Å². The summed E-state index contributed by atoms with van der Waals surface area (Å²) in [4.78, 5) is 11.1. The number of hydrogen-bond donors (Lipinski definition) is 2. The van der Waals surface area contributed by atoms with E-state index < -0.39 is 0 Å². The molecule has 0 aliphatic rings. The Morgan fingerprint density at radius 3 is 2.62 bits per heavy atom. The van der Waals surface area contributed by atoms with Gasteiger partial charge in [-0.05, 0) is 25.7 Å². The smallest absolute Gasteiger partial charge is 0.220 e. The van der Waals surface area contributed by atoms with Gasteiger partial charge in [0.2, 0.25) is 5.91 Å². The van der Waals surface area contributed by atoms with Gasteiger partial charge in [-0.15, -0.1) is 0 Å². The molecule has 94 valence electrons. The molecular weight excluding hydrogens is 202 g/mol. The molecule has 3 heteroatoms. The second kappa shape index (κ2) is 12.2. The Labute approximate surface area is 98.9 Å². The van der Waals surface area contributed by atoms with Crippen LogP contribution in [-0.4, -0.2) is 24.2 Å². The lowest BCUT2D eigenvalue weighted by Crippen LogP contribution is -2.25. The molecule has 0 heterocycles. The number of allylic oxidation sites excluding steroid dienone is 2. The SMILES string of the molecule is CC/C=C/CCCCCCC(=O)NCCO. The summed E-state index contributed by atoms with van der Waals surface area (Å²) in [6, 6.07) is 0.